The van der Waals surface area contributed by atoms with E-state index < -0.39 is 0 Å². The summed E-state index contributed by atoms with van der Waals surface area (Å²) in [6, 6.07) is 48.2. The summed E-state index contributed by atoms with van der Waals surface area (Å²) >= 11 is 1.82. The third-order valence-corrected chi connectivity index (χ3v) is 11.8. The quantitative estimate of drug-likeness (QED) is 0.130. The first-order chi connectivity index (χ1) is 27.9. The normalized spacial score (nSPS) is 12.2. The summed E-state index contributed by atoms with van der Waals surface area (Å²) in [5.74, 6) is 0. The van der Waals surface area contributed by atoms with Crippen LogP contribution in [0.4, 0.5) is 28.4 Å². The molecule has 0 aliphatic carbocycles. The van der Waals surface area contributed by atoms with E-state index in [1.807, 2.05) is 42.6 Å². The number of hydrogen-bond donors (Lipinski definition) is 0. The zero-order valence-corrected chi connectivity index (χ0v) is 33.2. The van der Waals surface area contributed by atoms with Gasteiger partial charge in [0.15, 0.2) is 0 Å². The number of furan rings is 1. The fraction of sp³-hybridized carbons (Fsp3) is 0.0566. The van der Waals surface area contributed by atoms with E-state index in [0.717, 1.165) is 61.5 Å². The Labute approximate surface area is 337 Å². The molecule has 0 spiro atoms. The first kappa shape index (κ1) is 35.8. The summed E-state index contributed by atoms with van der Waals surface area (Å²) in [5.41, 5.74) is 11.6. The van der Waals surface area contributed by atoms with Gasteiger partial charge in [0, 0.05) is 70.8 Å². The van der Waals surface area contributed by atoms with Gasteiger partial charge >= 0.3 is 0 Å². The van der Waals surface area contributed by atoms with E-state index in [4.69, 9.17) is 4.42 Å². The maximum absolute atomic E-state index is 6.71. The number of nitrogens with zero attached hydrogens (tertiary/aromatic N) is 2. The van der Waals surface area contributed by atoms with Crippen LogP contribution < -0.4 is 9.80 Å². The van der Waals surface area contributed by atoms with Crippen molar-refractivity contribution < 1.29 is 4.42 Å². The van der Waals surface area contributed by atoms with Crippen LogP contribution in [0.3, 0.4) is 0 Å². The van der Waals surface area contributed by atoms with Crippen molar-refractivity contribution in [2.24, 2.45) is 0 Å². The van der Waals surface area contributed by atoms with Crippen molar-refractivity contribution >= 4 is 98.7 Å². The molecule has 276 valence electrons. The highest BCUT2D eigenvalue weighted by molar-refractivity contribution is 7.26. The van der Waals surface area contributed by atoms with E-state index in [2.05, 4.69) is 188 Å². The number of rotatable bonds is 10. The van der Waals surface area contributed by atoms with Crippen LogP contribution in [0.2, 0.25) is 0 Å². The molecule has 4 heteroatoms. The van der Waals surface area contributed by atoms with Gasteiger partial charge in [-0.05, 0) is 122 Å². The third-order valence-electron chi connectivity index (χ3n) is 10.7. The molecule has 0 radical (unpaired) electrons. The fourth-order valence-corrected chi connectivity index (χ4v) is 9.13. The molecule has 0 N–H and O–H groups in total. The topological polar surface area (TPSA) is 19.6 Å². The molecule has 7 aromatic carbocycles. The van der Waals surface area contributed by atoms with Gasteiger partial charge in [-0.15, -0.1) is 11.3 Å². The summed E-state index contributed by atoms with van der Waals surface area (Å²) in [4.78, 5) is 4.64. The van der Waals surface area contributed by atoms with Gasteiger partial charge in [-0.3, -0.25) is 0 Å². The molecule has 57 heavy (non-hydrogen) atoms. The molecule has 0 fully saturated rings. The van der Waals surface area contributed by atoms with Crippen LogP contribution in [0.15, 0.2) is 193 Å². The highest BCUT2D eigenvalue weighted by Gasteiger charge is 2.21. The molecular formula is C53H42N2OS. The van der Waals surface area contributed by atoms with Crippen LogP contribution in [-0.2, 0) is 0 Å². The zero-order valence-electron chi connectivity index (χ0n) is 32.4. The molecule has 0 unspecified atom stereocenters. The molecule has 2 heterocycles. The van der Waals surface area contributed by atoms with E-state index in [9.17, 15) is 0 Å². The van der Waals surface area contributed by atoms with Gasteiger partial charge in [0.2, 0.25) is 0 Å². The van der Waals surface area contributed by atoms with Crippen molar-refractivity contribution in [1.29, 1.82) is 0 Å². The largest absolute Gasteiger partial charge is 0.455 e. The van der Waals surface area contributed by atoms with Crippen LogP contribution in [0.5, 0.6) is 0 Å². The Morgan fingerprint density at radius 1 is 0.649 bits per heavy atom. The number of fused-ring (bicyclic) bond motifs is 8. The number of allylic oxidation sites excluding steroid dienone is 6. The van der Waals surface area contributed by atoms with Gasteiger partial charge in [0.1, 0.15) is 11.2 Å². The molecule has 2 aromatic heterocycles. The molecule has 0 atom stereocenters. The summed E-state index contributed by atoms with van der Waals surface area (Å²) < 4.78 is 9.12. The Morgan fingerprint density at radius 3 is 2.25 bits per heavy atom. The first-order valence-corrected chi connectivity index (χ1v) is 20.1. The lowest BCUT2D eigenvalue weighted by atomic mass is 10.0. The third kappa shape index (κ3) is 6.44. The van der Waals surface area contributed by atoms with Crippen LogP contribution >= 0.6 is 11.3 Å². The van der Waals surface area contributed by atoms with Crippen LogP contribution in [0.1, 0.15) is 23.6 Å². The molecule has 0 aliphatic rings. The van der Waals surface area contributed by atoms with Gasteiger partial charge in [-0.1, -0.05) is 104 Å². The maximum Gasteiger partial charge on any atom is 0.143 e. The van der Waals surface area contributed by atoms with Crippen molar-refractivity contribution in [3.05, 3.63) is 205 Å². The number of benzene rings is 7. The summed E-state index contributed by atoms with van der Waals surface area (Å²) in [6.45, 7) is 14.5. The second-order valence-corrected chi connectivity index (χ2v) is 15.4. The predicted molar refractivity (Wildman–Crippen MR) is 249 cm³/mol. The van der Waals surface area contributed by atoms with E-state index >= 15 is 0 Å². The summed E-state index contributed by atoms with van der Waals surface area (Å²) in [7, 11) is 0. The lowest BCUT2D eigenvalue weighted by Crippen LogP contribution is -2.15. The fourth-order valence-electron chi connectivity index (χ4n) is 7.97. The van der Waals surface area contributed by atoms with Crippen molar-refractivity contribution in [3.63, 3.8) is 0 Å². The Balaban J connectivity index is 1.24. The Morgan fingerprint density at radius 2 is 1.42 bits per heavy atom. The number of aryl methyl sites for hydroxylation is 2. The monoisotopic (exact) mass is 754 g/mol. The van der Waals surface area contributed by atoms with E-state index in [0.29, 0.717) is 0 Å². The SMILES string of the molecule is C=C/C=C(\C=C)N(c1cccc(C)c1)c1cccc2sc3cc(N(c4ccc(C)c(/C=C\C=C/C)c4)c4ccc5c(c4)oc4c6ccccc6ccc54)ccc3c12. The maximum atomic E-state index is 6.71. The predicted octanol–water partition coefficient (Wildman–Crippen LogP) is 16.2. The van der Waals surface area contributed by atoms with E-state index in [1.165, 1.54) is 42.2 Å². The zero-order chi connectivity index (χ0) is 39.0. The molecule has 0 aliphatic heterocycles. The molecule has 9 aromatic rings. The lowest BCUT2D eigenvalue weighted by molar-refractivity contribution is 0.672. The molecule has 9 rings (SSSR count). The Bertz CT molecular complexity index is 3120. The van der Waals surface area contributed by atoms with E-state index in [-0.39, 0.29) is 0 Å². The first-order valence-electron chi connectivity index (χ1n) is 19.3. The summed E-state index contributed by atoms with van der Waals surface area (Å²) in [5, 5.41) is 6.93. The smallest absolute Gasteiger partial charge is 0.143 e. The highest BCUT2D eigenvalue weighted by atomic mass is 32.1. The average Bonchev–Trinajstić information content (AvgIpc) is 3.80. The number of hydrogen-bond acceptors (Lipinski definition) is 4. The molecule has 0 saturated carbocycles. The Kier molecular flexibility index (Phi) is 9.41. The molecular weight excluding hydrogens is 713 g/mol. The lowest BCUT2D eigenvalue weighted by Gasteiger charge is -2.27. The molecule has 0 amide bonds. The van der Waals surface area contributed by atoms with Crippen molar-refractivity contribution in [3.8, 4) is 0 Å². The summed E-state index contributed by atoms with van der Waals surface area (Å²) in [6.07, 6.45) is 14.1. The average molecular weight is 755 g/mol. The molecule has 0 saturated heterocycles. The number of thiophene rings is 1. The van der Waals surface area contributed by atoms with Crippen LogP contribution in [-0.4, -0.2) is 0 Å². The van der Waals surface area contributed by atoms with Gasteiger partial charge in [0.25, 0.3) is 0 Å². The van der Waals surface area contributed by atoms with Gasteiger partial charge < -0.3 is 14.2 Å². The number of anilines is 5. The highest BCUT2D eigenvalue weighted by Crippen LogP contribution is 2.47. The Hall–Kier alpha value is -6.88. The van der Waals surface area contributed by atoms with Crippen molar-refractivity contribution in [2.75, 3.05) is 9.80 Å². The van der Waals surface area contributed by atoms with Gasteiger partial charge in [-0.2, -0.15) is 0 Å². The standard InChI is InChI=1S/C53H42N2OS/c1-6-9-10-18-38-32-41(25-23-36(38)5)54(42-26-29-45-46-28-24-37-17-11-12-20-44(37)53(46)56-49(45)33-42)43-27-30-47-51(34-43)57-50-22-14-21-48(52(47)50)55(39(8-3)15-7-2)40-19-13-16-35(4)31-40/h6-34H,2-3H2,1,4-5H3/b9-6-,18-10-,39-15+. The van der Waals surface area contributed by atoms with Crippen molar-refractivity contribution in [2.45, 2.75) is 20.8 Å². The molecule has 3 nitrogen and oxygen atoms in total. The van der Waals surface area contributed by atoms with E-state index in [1.54, 1.807) is 0 Å². The minimum Gasteiger partial charge on any atom is -0.455 e. The van der Waals surface area contributed by atoms with Gasteiger partial charge in [0.05, 0.1) is 5.69 Å². The van der Waals surface area contributed by atoms with Crippen LogP contribution in [0, 0.1) is 13.8 Å². The second-order valence-electron chi connectivity index (χ2n) is 14.3. The van der Waals surface area contributed by atoms with Crippen LogP contribution in [0.25, 0.3) is 59.0 Å². The van der Waals surface area contributed by atoms with Crippen molar-refractivity contribution in [1.82, 2.24) is 0 Å². The second kappa shape index (κ2) is 15.0. The minimum absolute atomic E-state index is 0.860. The minimum atomic E-state index is 0.860. The van der Waals surface area contributed by atoms with Gasteiger partial charge in [-0.25, -0.2) is 0 Å². The molecule has 0 bridgehead atoms.